The summed E-state index contributed by atoms with van der Waals surface area (Å²) in [7, 11) is 0. The lowest BCUT2D eigenvalue weighted by molar-refractivity contribution is 0.393. The van der Waals surface area contributed by atoms with Crippen LogP contribution in [0.3, 0.4) is 0 Å². The molecule has 3 heteroatoms. The molecule has 0 radical (unpaired) electrons. The van der Waals surface area contributed by atoms with E-state index in [-0.39, 0.29) is 0 Å². The third-order valence-electron chi connectivity index (χ3n) is 2.49. The van der Waals surface area contributed by atoms with Crippen LogP contribution < -0.4 is 5.73 Å². The number of rotatable bonds is 6. The second-order valence-corrected chi connectivity index (χ2v) is 4.13. The fraction of sp³-hybridized carbons (Fsp3) is 0.909. The Bertz CT molecular complexity index is 185. The van der Waals surface area contributed by atoms with Gasteiger partial charge in [-0.1, -0.05) is 13.8 Å². The van der Waals surface area contributed by atoms with E-state index >= 15 is 0 Å². The van der Waals surface area contributed by atoms with Gasteiger partial charge in [0.1, 0.15) is 0 Å². The topological polar surface area (TPSA) is 41.6 Å². The summed E-state index contributed by atoms with van der Waals surface area (Å²) in [5.41, 5.74) is 5.94. The van der Waals surface area contributed by atoms with E-state index in [1.807, 2.05) is 0 Å². The molecule has 3 nitrogen and oxygen atoms in total. The fourth-order valence-electron chi connectivity index (χ4n) is 1.51. The van der Waals surface area contributed by atoms with Crippen molar-refractivity contribution in [1.29, 1.82) is 0 Å². The van der Waals surface area contributed by atoms with Gasteiger partial charge in [0.05, 0.1) is 0 Å². The Kier molecular flexibility index (Phi) is 4.77. The normalized spacial score (nSPS) is 17.1. The molecular formula is C11H23N3. The van der Waals surface area contributed by atoms with Gasteiger partial charge in [0.15, 0.2) is 5.96 Å². The minimum absolute atomic E-state index is 0.751. The zero-order chi connectivity index (χ0) is 10.4. The van der Waals surface area contributed by atoms with Gasteiger partial charge in [-0.25, -0.2) is 0 Å². The van der Waals surface area contributed by atoms with Crippen LogP contribution in [-0.2, 0) is 0 Å². The molecule has 1 fully saturated rings. The minimum Gasteiger partial charge on any atom is -0.370 e. The summed E-state index contributed by atoms with van der Waals surface area (Å²) in [5, 5.41) is 0. The van der Waals surface area contributed by atoms with Crippen LogP contribution in [0, 0.1) is 5.92 Å². The Morgan fingerprint density at radius 2 is 2.07 bits per heavy atom. The minimum atomic E-state index is 0.751. The van der Waals surface area contributed by atoms with Crippen molar-refractivity contribution in [3.63, 3.8) is 0 Å². The van der Waals surface area contributed by atoms with E-state index < -0.39 is 0 Å². The van der Waals surface area contributed by atoms with Crippen molar-refractivity contribution in [2.24, 2.45) is 16.6 Å². The highest BCUT2D eigenvalue weighted by atomic mass is 15.2. The molecule has 0 atom stereocenters. The van der Waals surface area contributed by atoms with Crippen LogP contribution in [0.2, 0.25) is 0 Å². The van der Waals surface area contributed by atoms with E-state index in [2.05, 4.69) is 23.7 Å². The first kappa shape index (κ1) is 11.3. The van der Waals surface area contributed by atoms with Gasteiger partial charge in [0.25, 0.3) is 0 Å². The molecule has 82 valence electrons. The molecule has 1 rings (SSSR count). The summed E-state index contributed by atoms with van der Waals surface area (Å²) >= 11 is 0. The molecule has 0 amide bonds. The van der Waals surface area contributed by atoms with Crippen molar-refractivity contribution in [2.75, 3.05) is 19.6 Å². The molecule has 0 aromatic heterocycles. The number of nitrogens with zero attached hydrogens (tertiary/aromatic N) is 2. The zero-order valence-electron chi connectivity index (χ0n) is 9.50. The molecule has 0 aliphatic heterocycles. The second-order valence-electron chi connectivity index (χ2n) is 4.13. The molecular weight excluding hydrogens is 174 g/mol. The first-order valence-corrected chi connectivity index (χ1v) is 5.82. The molecule has 0 saturated heterocycles. The van der Waals surface area contributed by atoms with E-state index in [4.69, 9.17) is 5.73 Å². The quantitative estimate of drug-likeness (QED) is 0.521. The standard InChI is InChI=1S/C11H23N3/c1-3-7-13-11(12)14(8-4-2)9-10-5-6-10/h10H,3-9H2,1-2H3,(H2,12,13). The van der Waals surface area contributed by atoms with Crippen LogP contribution >= 0.6 is 0 Å². The van der Waals surface area contributed by atoms with E-state index in [0.717, 1.165) is 44.4 Å². The summed E-state index contributed by atoms with van der Waals surface area (Å²) in [4.78, 5) is 6.61. The Labute approximate surface area is 87.4 Å². The smallest absolute Gasteiger partial charge is 0.191 e. The maximum Gasteiger partial charge on any atom is 0.191 e. The van der Waals surface area contributed by atoms with E-state index in [1.165, 1.54) is 12.8 Å². The number of guanidine groups is 1. The summed E-state index contributed by atoms with van der Waals surface area (Å²) in [6, 6.07) is 0. The van der Waals surface area contributed by atoms with Crippen LogP contribution in [-0.4, -0.2) is 30.5 Å². The molecule has 0 aromatic rings. The summed E-state index contributed by atoms with van der Waals surface area (Å²) in [5.74, 6) is 1.64. The zero-order valence-corrected chi connectivity index (χ0v) is 9.50. The van der Waals surface area contributed by atoms with E-state index in [1.54, 1.807) is 0 Å². The Balaban J connectivity index is 2.37. The third-order valence-corrected chi connectivity index (χ3v) is 2.49. The van der Waals surface area contributed by atoms with Crippen LogP contribution in [0.15, 0.2) is 4.99 Å². The molecule has 1 aliphatic rings. The highest BCUT2D eigenvalue weighted by molar-refractivity contribution is 5.78. The lowest BCUT2D eigenvalue weighted by atomic mass is 10.3. The van der Waals surface area contributed by atoms with Crippen molar-refractivity contribution in [3.8, 4) is 0 Å². The fourth-order valence-corrected chi connectivity index (χ4v) is 1.51. The Hall–Kier alpha value is -0.730. The Morgan fingerprint density at radius 1 is 1.36 bits per heavy atom. The summed E-state index contributed by atoms with van der Waals surface area (Å²) in [6.07, 6.45) is 4.97. The highest BCUT2D eigenvalue weighted by Crippen LogP contribution is 2.29. The molecule has 0 unspecified atom stereocenters. The highest BCUT2D eigenvalue weighted by Gasteiger charge is 2.24. The largest absolute Gasteiger partial charge is 0.370 e. The first-order chi connectivity index (χ1) is 6.77. The monoisotopic (exact) mass is 197 g/mol. The van der Waals surface area contributed by atoms with Gasteiger partial charge < -0.3 is 10.6 Å². The van der Waals surface area contributed by atoms with Crippen molar-refractivity contribution in [3.05, 3.63) is 0 Å². The first-order valence-electron chi connectivity index (χ1n) is 5.82. The predicted octanol–water partition coefficient (Wildman–Crippen LogP) is 1.83. The molecule has 2 N–H and O–H groups in total. The average molecular weight is 197 g/mol. The van der Waals surface area contributed by atoms with Gasteiger partial charge in [-0.2, -0.15) is 0 Å². The molecule has 0 heterocycles. The molecule has 0 aromatic carbocycles. The molecule has 0 spiro atoms. The lowest BCUT2D eigenvalue weighted by Gasteiger charge is -2.22. The maximum absolute atomic E-state index is 5.94. The van der Waals surface area contributed by atoms with Crippen LogP contribution in [0.4, 0.5) is 0 Å². The lowest BCUT2D eigenvalue weighted by Crippen LogP contribution is -2.39. The number of aliphatic imine (C=N–C) groups is 1. The van der Waals surface area contributed by atoms with Crippen LogP contribution in [0.5, 0.6) is 0 Å². The number of hydrogen-bond acceptors (Lipinski definition) is 1. The van der Waals surface area contributed by atoms with Gasteiger partial charge in [0, 0.05) is 19.6 Å². The SMILES string of the molecule is CCCN=C(N)N(CCC)CC1CC1. The summed E-state index contributed by atoms with van der Waals surface area (Å²) < 4.78 is 0. The predicted molar refractivity (Wildman–Crippen MR) is 61.4 cm³/mol. The van der Waals surface area contributed by atoms with Gasteiger partial charge in [0.2, 0.25) is 0 Å². The Morgan fingerprint density at radius 3 is 2.57 bits per heavy atom. The van der Waals surface area contributed by atoms with Gasteiger partial charge >= 0.3 is 0 Å². The summed E-state index contributed by atoms with van der Waals surface area (Å²) in [6.45, 7) is 7.34. The van der Waals surface area contributed by atoms with Gasteiger partial charge in [-0.3, -0.25) is 4.99 Å². The van der Waals surface area contributed by atoms with Crippen LogP contribution in [0.1, 0.15) is 39.5 Å². The molecule has 0 bridgehead atoms. The van der Waals surface area contributed by atoms with E-state index in [9.17, 15) is 0 Å². The van der Waals surface area contributed by atoms with Gasteiger partial charge in [-0.15, -0.1) is 0 Å². The molecule has 1 aliphatic carbocycles. The number of hydrogen-bond donors (Lipinski definition) is 1. The second kappa shape index (κ2) is 5.89. The number of nitrogens with two attached hydrogens (primary N) is 1. The molecule has 1 saturated carbocycles. The molecule has 14 heavy (non-hydrogen) atoms. The van der Waals surface area contributed by atoms with Crippen molar-refractivity contribution < 1.29 is 0 Å². The van der Waals surface area contributed by atoms with E-state index in [0.29, 0.717) is 0 Å². The average Bonchev–Trinajstić information content (AvgIpc) is 2.97. The maximum atomic E-state index is 5.94. The van der Waals surface area contributed by atoms with Crippen molar-refractivity contribution in [2.45, 2.75) is 39.5 Å². The van der Waals surface area contributed by atoms with Crippen LogP contribution in [0.25, 0.3) is 0 Å². The van der Waals surface area contributed by atoms with Crippen molar-refractivity contribution >= 4 is 5.96 Å². The van der Waals surface area contributed by atoms with Crippen molar-refractivity contribution in [1.82, 2.24) is 4.90 Å². The third kappa shape index (κ3) is 3.99. The van der Waals surface area contributed by atoms with Gasteiger partial charge in [-0.05, 0) is 31.6 Å².